The Hall–Kier alpha value is -5.81. The standard InChI is InChI=1S/C37H38N8O3/c1-24(2)45(31-12-7-8-17-38-31)20-25(3)35(46)42-29-13-15-30(16-14-29)47-36-33-32(27-11-9-10-26(18-27)21-43(4)5)34(28-19-41-44(6)22-28)48-37(33)40-23-39-36/h7-20,22-24H,21H2,1-6H3,(H,42,46)/b25-20+. The maximum Gasteiger partial charge on any atom is 0.252 e. The number of fused-ring (bicyclic) bond motifs is 1. The minimum atomic E-state index is -0.217. The number of aromatic nitrogens is 5. The van der Waals surface area contributed by atoms with Gasteiger partial charge in [0.05, 0.1) is 11.8 Å². The van der Waals surface area contributed by atoms with Gasteiger partial charge in [-0.15, -0.1) is 0 Å². The number of hydrogen-bond donors (Lipinski definition) is 1. The summed E-state index contributed by atoms with van der Waals surface area (Å²) < 4.78 is 14.4. The SMILES string of the molecule is C/C(=C\N(c1ccccn1)C(C)C)C(=O)Nc1ccc(Oc2ncnc3oc(-c4cnn(C)c4)c(-c4cccc(CN(C)C)c4)c23)cc1. The van der Waals surface area contributed by atoms with Crippen molar-refractivity contribution >= 4 is 28.5 Å². The zero-order chi connectivity index (χ0) is 33.8. The molecule has 0 atom stereocenters. The monoisotopic (exact) mass is 642 g/mol. The van der Waals surface area contributed by atoms with Gasteiger partial charge in [-0.3, -0.25) is 9.48 Å². The third kappa shape index (κ3) is 7.11. The molecule has 0 saturated heterocycles. The molecule has 0 radical (unpaired) electrons. The Kier molecular flexibility index (Phi) is 9.31. The maximum atomic E-state index is 13.1. The molecule has 0 saturated carbocycles. The molecule has 4 heterocycles. The summed E-state index contributed by atoms with van der Waals surface area (Å²) in [5, 5.41) is 7.99. The molecule has 0 unspecified atom stereocenters. The summed E-state index contributed by atoms with van der Waals surface area (Å²) in [4.78, 5) is 30.6. The Bertz CT molecular complexity index is 2060. The average Bonchev–Trinajstić information content (AvgIpc) is 3.68. The van der Waals surface area contributed by atoms with Crippen LogP contribution in [0.25, 0.3) is 33.6 Å². The number of anilines is 2. The molecule has 11 heteroatoms. The van der Waals surface area contributed by atoms with E-state index in [1.54, 1.807) is 48.3 Å². The number of nitrogens with one attached hydrogen (secondary N) is 1. The minimum absolute atomic E-state index is 0.116. The zero-order valence-electron chi connectivity index (χ0n) is 27.9. The van der Waals surface area contributed by atoms with Crippen LogP contribution in [0, 0.1) is 0 Å². The highest BCUT2D eigenvalue weighted by Gasteiger charge is 2.24. The average molecular weight is 643 g/mol. The van der Waals surface area contributed by atoms with E-state index in [1.165, 1.54) is 6.33 Å². The summed E-state index contributed by atoms with van der Waals surface area (Å²) in [6.45, 7) is 6.66. The highest BCUT2D eigenvalue weighted by Crippen LogP contribution is 2.44. The van der Waals surface area contributed by atoms with E-state index >= 15 is 0 Å². The van der Waals surface area contributed by atoms with Crippen LogP contribution in [-0.4, -0.2) is 55.7 Å². The van der Waals surface area contributed by atoms with Gasteiger partial charge in [0.1, 0.15) is 29.0 Å². The molecule has 11 nitrogen and oxygen atoms in total. The van der Waals surface area contributed by atoms with Crippen molar-refractivity contribution in [1.82, 2.24) is 29.6 Å². The number of carbonyl (C=O) groups is 1. The van der Waals surface area contributed by atoms with Gasteiger partial charge in [-0.1, -0.05) is 24.3 Å². The second kappa shape index (κ2) is 13.9. The largest absolute Gasteiger partial charge is 0.438 e. The van der Waals surface area contributed by atoms with Crippen molar-refractivity contribution in [3.8, 4) is 34.1 Å². The van der Waals surface area contributed by atoms with Gasteiger partial charge in [0.25, 0.3) is 5.91 Å². The molecule has 0 spiro atoms. The summed E-state index contributed by atoms with van der Waals surface area (Å²) in [7, 11) is 5.95. The van der Waals surface area contributed by atoms with Gasteiger partial charge >= 0.3 is 0 Å². The van der Waals surface area contributed by atoms with Crippen LogP contribution in [0.3, 0.4) is 0 Å². The number of ether oxygens (including phenoxy) is 1. The van der Waals surface area contributed by atoms with Crippen LogP contribution in [0.4, 0.5) is 11.5 Å². The van der Waals surface area contributed by atoms with Gasteiger partial charge in [-0.25, -0.2) is 15.0 Å². The molecule has 244 valence electrons. The number of hydrogen-bond acceptors (Lipinski definition) is 9. The Balaban J connectivity index is 1.28. The zero-order valence-corrected chi connectivity index (χ0v) is 27.9. The summed E-state index contributed by atoms with van der Waals surface area (Å²) in [5.74, 6) is 2.08. The van der Waals surface area contributed by atoms with E-state index in [9.17, 15) is 4.79 Å². The van der Waals surface area contributed by atoms with Crippen LogP contribution < -0.4 is 15.0 Å². The summed E-state index contributed by atoms with van der Waals surface area (Å²) in [5.41, 5.74) is 5.31. The van der Waals surface area contributed by atoms with Crippen molar-refractivity contribution in [2.75, 3.05) is 24.3 Å². The molecule has 0 aliphatic heterocycles. The van der Waals surface area contributed by atoms with Gasteiger partial charge in [-0.05, 0) is 88.5 Å². The third-order valence-electron chi connectivity index (χ3n) is 7.62. The van der Waals surface area contributed by atoms with Crippen LogP contribution in [0.15, 0.2) is 108 Å². The van der Waals surface area contributed by atoms with Crippen LogP contribution in [-0.2, 0) is 18.4 Å². The molecular formula is C37H38N8O3. The molecule has 4 aromatic heterocycles. The molecule has 0 bridgehead atoms. The first-order chi connectivity index (χ1) is 23.2. The fraction of sp³-hybridized carbons (Fsp3) is 0.216. The van der Waals surface area contributed by atoms with Gasteiger partial charge in [0, 0.05) is 55.1 Å². The number of amides is 1. The van der Waals surface area contributed by atoms with Gasteiger partial charge in [0.15, 0.2) is 0 Å². The molecule has 0 fully saturated rings. The van der Waals surface area contributed by atoms with E-state index in [4.69, 9.17) is 9.15 Å². The molecule has 0 aliphatic carbocycles. The van der Waals surface area contributed by atoms with Crippen LogP contribution >= 0.6 is 0 Å². The third-order valence-corrected chi connectivity index (χ3v) is 7.62. The maximum absolute atomic E-state index is 13.1. The number of furan rings is 1. The van der Waals surface area contributed by atoms with Crippen molar-refractivity contribution < 1.29 is 13.9 Å². The topological polar surface area (TPSA) is 114 Å². The summed E-state index contributed by atoms with van der Waals surface area (Å²) in [6.07, 6.45) is 8.65. The lowest BCUT2D eigenvalue weighted by Crippen LogP contribution is -2.27. The van der Waals surface area contributed by atoms with E-state index < -0.39 is 0 Å². The minimum Gasteiger partial charge on any atom is -0.438 e. The molecule has 1 N–H and O–H groups in total. The lowest BCUT2D eigenvalue weighted by molar-refractivity contribution is -0.112. The number of rotatable bonds is 11. The predicted molar refractivity (Wildman–Crippen MR) is 188 cm³/mol. The fourth-order valence-electron chi connectivity index (χ4n) is 5.39. The number of pyridine rings is 1. The normalized spacial score (nSPS) is 11.8. The lowest BCUT2D eigenvalue weighted by atomic mass is 9.99. The molecule has 1 amide bonds. The number of benzene rings is 2. The van der Waals surface area contributed by atoms with Crippen LogP contribution in [0.5, 0.6) is 11.6 Å². The van der Waals surface area contributed by atoms with Crippen molar-refractivity contribution in [2.24, 2.45) is 7.05 Å². The second-order valence-corrected chi connectivity index (χ2v) is 12.1. The molecule has 6 rings (SSSR count). The number of carbonyl (C=O) groups excluding carboxylic acids is 1. The quantitative estimate of drug-likeness (QED) is 0.145. The van der Waals surface area contributed by atoms with Gasteiger partial charge in [-0.2, -0.15) is 5.10 Å². The van der Waals surface area contributed by atoms with Crippen molar-refractivity contribution in [3.63, 3.8) is 0 Å². The number of aryl methyl sites for hydroxylation is 1. The van der Waals surface area contributed by atoms with E-state index in [0.717, 1.165) is 34.6 Å². The number of nitrogens with zero attached hydrogens (tertiary/aromatic N) is 7. The first-order valence-corrected chi connectivity index (χ1v) is 15.6. The highest BCUT2D eigenvalue weighted by atomic mass is 16.5. The predicted octanol–water partition coefficient (Wildman–Crippen LogP) is 7.30. The van der Waals surface area contributed by atoms with Gasteiger partial charge < -0.3 is 24.3 Å². The van der Waals surface area contributed by atoms with Crippen molar-refractivity contribution in [3.05, 3.63) is 109 Å². The Morgan fingerprint density at radius 1 is 1.02 bits per heavy atom. The lowest BCUT2D eigenvalue weighted by Gasteiger charge is -2.24. The molecule has 6 aromatic rings. The van der Waals surface area contributed by atoms with Crippen molar-refractivity contribution in [2.45, 2.75) is 33.4 Å². The molecule has 48 heavy (non-hydrogen) atoms. The Labute approximate surface area is 279 Å². The molecule has 0 aliphatic rings. The molecule has 2 aromatic carbocycles. The van der Waals surface area contributed by atoms with Gasteiger partial charge in [0.2, 0.25) is 11.6 Å². The summed E-state index contributed by atoms with van der Waals surface area (Å²) >= 11 is 0. The highest BCUT2D eigenvalue weighted by molar-refractivity contribution is 6.04. The van der Waals surface area contributed by atoms with Crippen LogP contribution in [0.1, 0.15) is 26.3 Å². The Morgan fingerprint density at radius 2 is 1.83 bits per heavy atom. The first-order valence-electron chi connectivity index (χ1n) is 15.6. The molecular weight excluding hydrogens is 604 g/mol. The van der Waals surface area contributed by atoms with E-state index in [-0.39, 0.29) is 11.9 Å². The fourth-order valence-corrected chi connectivity index (χ4v) is 5.39. The smallest absolute Gasteiger partial charge is 0.252 e. The first kappa shape index (κ1) is 32.1. The van der Waals surface area contributed by atoms with E-state index in [1.807, 2.05) is 68.8 Å². The van der Waals surface area contributed by atoms with Crippen molar-refractivity contribution in [1.29, 1.82) is 0 Å². The van der Waals surface area contributed by atoms with E-state index in [2.05, 4.69) is 56.2 Å². The van der Waals surface area contributed by atoms with E-state index in [0.29, 0.717) is 39.7 Å². The second-order valence-electron chi connectivity index (χ2n) is 12.1. The summed E-state index contributed by atoms with van der Waals surface area (Å²) in [6, 6.07) is 21.3. The van der Waals surface area contributed by atoms with Crippen LogP contribution in [0.2, 0.25) is 0 Å². The Morgan fingerprint density at radius 3 is 2.52 bits per heavy atom.